The number of allylic oxidation sites excluding steroid dienone is 4. The minimum Gasteiger partial charge on any atom is -0.392 e. The van der Waals surface area contributed by atoms with Crippen LogP contribution in [0.15, 0.2) is 129 Å². The summed E-state index contributed by atoms with van der Waals surface area (Å²) in [4.78, 5) is 23.8. The first kappa shape index (κ1) is 38.3. The van der Waals surface area contributed by atoms with Gasteiger partial charge in [0.2, 0.25) is 0 Å². The Morgan fingerprint density at radius 1 is 0.736 bits per heavy atom. The van der Waals surface area contributed by atoms with E-state index < -0.39 is 53.1 Å². The van der Waals surface area contributed by atoms with Gasteiger partial charge in [-0.2, -0.15) is 16.8 Å². The van der Waals surface area contributed by atoms with Crippen molar-refractivity contribution in [2.24, 2.45) is 4.99 Å². The molecular weight excluding hydrogens is 733 g/mol. The Balaban J connectivity index is 1.62. The second-order valence-corrected chi connectivity index (χ2v) is 14.3. The number of nitro benzene ring substituents is 2. The second kappa shape index (κ2) is 15.8. The van der Waals surface area contributed by atoms with Crippen molar-refractivity contribution in [1.29, 1.82) is 0 Å². The Labute approximate surface area is 302 Å². The number of aliphatic hydroxyl groups excluding tert-OH is 2. The van der Waals surface area contributed by atoms with Crippen LogP contribution in [0.3, 0.4) is 0 Å². The molecule has 0 atom stereocenters. The Bertz CT molecular complexity index is 2440. The van der Waals surface area contributed by atoms with Gasteiger partial charge >= 0.3 is 0 Å². The average molecular weight is 763 g/mol. The van der Waals surface area contributed by atoms with E-state index in [4.69, 9.17) is 0 Å². The zero-order valence-electron chi connectivity index (χ0n) is 27.4. The largest absolute Gasteiger partial charge is 0.392 e. The molecule has 5 N–H and O–H groups in total. The Kier molecular flexibility index (Phi) is 11.4. The van der Waals surface area contributed by atoms with Crippen molar-refractivity contribution in [2.75, 3.05) is 11.9 Å². The first-order valence-corrected chi connectivity index (χ1v) is 18.3. The third-order valence-corrected chi connectivity index (χ3v) is 9.85. The van der Waals surface area contributed by atoms with Gasteiger partial charge in [0.1, 0.15) is 4.90 Å². The molecule has 0 fully saturated rings. The zero-order chi connectivity index (χ0) is 38.5. The number of aliphatic hydroxyl groups is 2. The number of rotatable bonds is 13. The number of aliphatic imine (C=N–C) groups is 1. The molecule has 0 spiro atoms. The summed E-state index contributed by atoms with van der Waals surface area (Å²) in [6, 6.07) is 18.9. The van der Waals surface area contributed by atoms with Crippen molar-refractivity contribution in [3.05, 3.63) is 162 Å². The van der Waals surface area contributed by atoms with Crippen molar-refractivity contribution >= 4 is 48.6 Å². The van der Waals surface area contributed by atoms with Crippen LogP contribution in [0.5, 0.6) is 0 Å². The van der Waals surface area contributed by atoms with Gasteiger partial charge in [0, 0.05) is 53.2 Å². The summed E-state index contributed by atoms with van der Waals surface area (Å²) in [6.45, 7) is -0.714. The monoisotopic (exact) mass is 762 g/mol. The molecule has 18 heteroatoms. The summed E-state index contributed by atoms with van der Waals surface area (Å²) < 4.78 is 69.2. The average Bonchev–Trinajstić information content (AvgIpc) is 3.13. The number of hydrogen-bond acceptors (Lipinski definition) is 12. The first-order valence-electron chi connectivity index (χ1n) is 15.4. The molecule has 0 amide bonds. The first-order chi connectivity index (χ1) is 25.1. The summed E-state index contributed by atoms with van der Waals surface area (Å²) in [5, 5.41) is 45.8. The minimum absolute atomic E-state index is 0.0818. The SMILES string of the molecule is O=[N+]([O-])c1ccc(CN=C2C=CC(=C(c3ccc(NCc4ccc([N+](=O)[O-])cc4)c(CO)c3)c3ccc(S(=O)(=O)O)cc3S(=O)(=O)O)C=C2CO)cc1. The van der Waals surface area contributed by atoms with Gasteiger partial charge in [0.25, 0.3) is 31.6 Å². The van der Waals surface area contributed by atoms with Gasteiger partial charge in [-0.15, -0.1) is 0 Å². The predicted octanol–water partition coefficient (Wildman–Crippen LogP) is 5.03. The third-order valence-electron chi connectivity index (χ3n) is 8.11. The Morgan fingerprint density at radius 3 is 1.91 bits per heavy atom. The summed E-state index contributed by atoms with van der Waals surface area (Å²) in [6.07, 6.45) is 4.60. The third kappa shape index (κ3) is 9.13. The molecule has 1 aliphatic carbocycles. The molecule has 1 aliphatic rings. The molecule has 5 rings (SSSR count). The van der Waals surface area contributed by atoms with Gasteiger partial charge in [-0.25, -0.2) is 0 Å². The fraction of sp³-hybridized carbons (Fsp3) is 0.114. The molecular formula is C35H30N4O12S2. The van der Waals surface area contributed by atoms with E-state index >= 15 is 0 Å². The van der Waals surface area contributed by atoms with Crippen molar-refractivity contribution in [3.8, 4) is 0 Å². The highest BCUT2D eigenvalue weighted by Gasteiger charge is 2.26. The number of nitro groups is 2. The highest BCUT2D eigenvalue weighted by molar-refractivity contribution is 7.86. The minimum atomic E-state index is -5.13. The van der Waals surface area contributed by atoms with Gasteiger partial charge in [0.15, 0.2) is 0 Å². The molecule has 274 valence electrons. The van der Waals surface area contributed by atoms with E-state index in [1.807, 2.05) is 0 Å². The summed E-state index contributed by atoms with van der Waals surface area (Å²) in [5.41, 5.74) is 3.09. The van der Waals surface area contributed by atoms with Crippen LogP contribution in [0, 0.1) is 20.2 Å². The van der Waals surface area contributed by atoms with Crippen molar-refractivity contribution in [3.63, 3.8) is 0 Å². The number of nitrogens with one attached hydrogen (secondary N) is 1. The van der Waals surface area contributed by atoms with Gasteiger partial charge in [-0.1, -0.05) is 42.5 Å². The fourth-order valence-corrected chi connectivity index (χ4v) is 6.77. The van der Waals surface area contributed by atoms with Crippen molar-refractivity contribution in [2.45, 2.75) is 29.5 Å². The maximum Gasteiger partial charge on any atom is 0.295 e. The predicted molar refractivity (Wildman–Crippen MR) is 193 cm³/mol. The van der Waals surface area contributed by atoms with Gasteiger partial charge in [0.05, 0.1) is 40.2 Å². The fourth-order valence-electron chi connectivity index (χ4n) is 5.47. The van der Waals surface area contributed by atoms with Crippen LogP contribution in [-0.2, 0) is 39.9 Å². The van der Waals surface area contributed by atoms with Gasteiger partial charge in [-0.05, 0) is 64.3 Å². The molecule has 0 aliphatic heterocycles. The van der Waals surface area contributed by atoms with Crippen LogP contribution in [0.1, 0.15) is 27.8 Å². The Morgan fingerprint density at radius 2 is 1.36 bits per heavy atom. The van der Waals surface area contributed by atoms with E-state index in [2.05, 4.69) is 10.3 Å². The highest BCUT2D eigenvalue weighted by Crippen LogP contribution is 2.37. The quantitative estimate of drug-likeness (QED) is 0.0681. The van der Waals surface area contributed by atoms with E-state index in [0.717, 1.165) is 12.1 Å². The normalized spacial score (nSPS) is 14.9. The van der Waals surface area contributed by atoms with Gasteiger partial charge < -0.3 is 15.5 Å². The lowest BCUT2D eigenvalue weighted by Gasteiger charge is -2.20. The number of anilines is 1. The number of non-ortho nitro benzene ring substituents is 2. The molecule has 0 heterocycles. The van der Waals surface area contributed by atoms with E-state index in [-0.39, 0.29) is 46.7 Å². The molecule has 16 nitrogen and oxygen atoms in total. The molecule has 0 unspecified atom stereocenters. The molecule has 4 aromatic carbocycles. The second-order valence-electron chi connectivity index (χ2n) is 11.5. The van der Waals surface area contributed by atoms with E-state index in [9.17, 15) is 56.4 Å². The van der Waals surface area contributed by atoms with Crippen LogP contribution in [0.4, 0.5) is 17.1 Å². The maximum atomic E-state index is 12.7. The maximum absolute atomic E-state index is 12.7. The molecule has 0 radical (unpaired) electrons. The number of hydrogen-bond donors (Lipinski definition) is 5. The van der Waals surface area contributed by atoms with Gasteiger partial charge in [-0.3, -0.25) is 34.3 Å². The molecule has 0 saturated carbocycles. The van der Waals surface area contributed by atoms with Crippen LogP contribution in [-0.4, -0.2) is 58.3 Å². The van der Waals surface area contributed by atoms with E-state index in [1.165, 1.54) is 48.5 Å². The smallest absolute Gasteiger partial charge is 0.295 e. The van der Waals surface area contributed by atoms with Crippen LogP contribution >= 0.6 is 0 Å². The van der Waals surface area contributed by atoms with Crippen molar-refractivity contribution < 1.29 is 46.0 Å². The van der Waals surface area contributed by atoms with E-state index in [1.54, 1.807) is 36.4 Å². The van der Waals surface area contributed by atoms with Crippen LogP contribution in [0.2, 0.25) is 0 Å². The molecule has 0 saturated heterocycles. The van der Waals surface area contributed by atoms with Crippen LogP contribution < -0.4 is 5.32 Å². The zero-order valence-corrected chi connectivity index (χ0v) is 29.0. The topological polar surface area (TPSA) is 260 Å². The number of nitrogens with zero attached hydrogens (tertiary/aromatic N) is 3. The lowest BCUT2D eigenvalue weighted by atomic mass is 9.88. The lowest BCUT2D eigenvalue weighted by Crippen LogP contribution is -2.11. The Hall–Kier alpha value is -5.89. The van der Waals surface area contributed by atoms with Crippen molar-refractivity contribution in [1.82, 2.24) is 0 Å². The van der Waals surface area contributed by atoms with Crippen LogP contribution in [0.25, 0.3) is 5.57 Å². The number of benzene rings is 4. The summed E-state index contributed by atoms with van der Waals surface area (Å²) in [5.74, 6) is 0. The summed E-state index contributed by atoms with van der Waals surface area (Å²) in [7, 11) is -10.0. The van der Waals surface area contributed by atoms with E-state index in [0.29, 0.717) is 39.7 Å². The molecule has 0 aromatic heterocycles. The molecule has 4 aromatic rings. The molecule has 0 bridgehead atoms. The summed E-state index contributed by atoms with van der Waals surface area (Å²) >= 11 is 0. The molecule has 53 heavy (non-hydrogen) atoms. The lowest BCUT2D eigenvalue weighted by molar-refractivity contribution is -0.385. The highest BCUT2D eigenvalue weighted by atomic mass is 32.2. The standard InChI is InChI=1S/C35H30N4O12S2/c40-20-26-15-24(5-13-32(26)36-18-22-1-7-28(8-2-22)38(42)43)35(31-12-11-30(52(46,47)48)17-34(31)53(49,50)51)25-6-14-33(27(16-25)21-41)37-19-23-3-9-29(10-4-23)39(44)45/h1-17,36,40-41H,18-21H2,(H,46,47,48)(H,49,50,51).